The summed E-state index contributed by atoms with van der Waals surface area (Å²) < 4.78 is 28.6. The second-order valence-corrected chi connectivity index (χ2v) is 6.57. The molecule has 1 unspecified atom stereocenters. The van der Waals surface area contributed by atoms with Gasteiger partial charge in [0.25, 0.3) is 5.91 Å². The summed E-state index contributed by atoms with van der Waals surface area (Å²) in [5.74, 6) is -2.01. The highest BCUT2D eigenvalue weighted by atomic mass is 35.5. The van der Waals surface area contributed by atoms with Crippen LogP contribution < -0.4 is 0 Å². The maximum atomic E-state index is 13.6. The molecule has 0 bridgehead atoms. The summed E-state index contributed by atoms with van der Waals surface area (Å²) in [6, 6.07) is 7.23. The lowest BCUT2D eigenvalue weighted by Gasteiger charge is -2.35. The molecule has 1 aliphatic rings. The fraction of sp³-hybridized carbons (Fsp3) is 0.222. The minimum absolute atomic E-state index is 0.247. The van der Waals surface area contributed by atoms with Gasteiger partial charge in [0.15, 0.2) is 17.3 Å². The van der Waals surface area contributed by atoms with Crippen molar-refractivity contribution in [3.05, 3.63) is 70.0 Å². The van der Waals surface area contributed by atoms with E-state index in [4.69, 9.17) is 11.6 Å². The summed E-state index contributed by atoms with van der Waals surface area (Å²) in [5.41, 5.74) is 2.41. The van der Waals surface area contributed by atoms with Crippen LogP contribution in [0.15, 0.2) is 36.5 Å². The molecular formula is C18H14ClF2N3O. The highest BCUT2D eigenvalue weighted by Gasteiger charge is 2.30. The molecule has 0 saturated carbocycles. The fourth-order valence-electron chi connectivity index (χ4n) is 3.30. The number of nitrogens with zero attached hydrogens (tertiary/aromatic N) is 3. The summed E-state index contributed by atoms with van der Waals surface area (Å²) in [7, 11) is 0. The van der Waals surface area contributed by atoms with E-state index >= 15 is 0 Å². The van der Waals surface area contributed by atoms with E-state index < -0.39 is 11.6 Å². The van der Waals surface area contributed by atoms with E-state index in [0.717, 1.165) is 11.1 Å². The Morgan fingerprint density at radius 2 is 2.00 bits per heavy atom. The van der Waals surface area contributed by atoms with Crippen molar-refractivity contribution in [3.8, 4) is 0 Å². The molecule has 1 atom stereocenters. The number of hydrogen-bond acceptors (Lipinski definition) is 2. The van der Waals surface area contributed by atoms with Crippen molar-refractivity contribution in [3.63, 3.8) is 0 Å². The topological polar surface area (TPSA) is 37.6 Å². The van der Waals surface area contributed by atoms with Gasteiger partial charge in [0.05, 0.1) is 16.6 Å². The smallest absolute Gasteiger partial charge is 0.274 e. The minimum atomic E-state index is -0.901. The zero-order valence-electron chi connectivity index (χ0n) is 13.3. The van der Waals surface area contributed by atoms with Gasteiger partial charge < -0.3 is 4.90 Å². The molecule has 2 aromatic heterocycles. The molecule has 1 aliphatic heterocycles. The maximum Gasteiger partial charge on any atom is 0.274 e. The normalized spacial score (nSPS) is 17.0. The highest BCUT2D eigenvalue weighted by molar-refractivity contribution is 6.30. The van der Waals surface area contributed by atoms with Crippen LogP contribution >= 0.6 is 11.6 Å². The molecule has 0 N–H and O–H groups in total. The monoisotopic (exact) mass is 361 g/mol. The van der Waals surface area contributed by atoms with Crippen molar-refractivity contribution in [1.82, 2.24) is 14.5 Å². The maximum absolute atomic E-state index is 13.6. The van der Waals surface area contributed by atoms with Crippen molar-refractivity contribution in [2.75, 3.05) is 6.54 Å². The predicted octanol–water partition coefficient (Wildman–Crippen LogP) is 4.03. The van der Waals surface area contributed by atoms with Crippen LogP contribution in [0.2, 0.25) is 5.02 Å². The highest BCUT2D eigenvalue weighted by Crippen LogP contribution is 2.32. The molecule has 0 saturated heterocycles. The number of benzene rings is 1. The van der Waals surface area contributed by atoms with Crippen molar-refractivity contribution < 1.29 is 13.6 Å². The van der Waals surface area contributed by atoms with Gasteiger partial charge in [-0.05, 0) is 54.8 Å². The number of hydrogen-bond donors (Lipinski definition) is 0. The van der Waals surface area contributed by atoms with Gasteiger partial charge in [0.1, 0.15) is 0 Å². The lowest BCUT2D eigenvalue weighted by Crippen LogP contribution is -2.39. The number of fused-ring (bicyclic) bond motifs is 2. The first-order chi connectivity index (χ1) is 11.9. The number of amides is 1. The van der Waals surface area contributed by atoms with Crippen molar-refractivity contribution >= 4 is 23.0 Å². The van der Waals surface area contributed by atoms with E-state index in [0.29, 0.717) is 29.2 Å². The molecule has 0 spiro atoms. The Morgan fingerprint density at radius 1 is 1.24 bits per heavy atom. The molecule has 0 aliphatic carbocycles. The summed E-state index contributed by atoms with van der Waals surface area (Å²) in [6.45, 7) is 2.23. The van der Waals surface area contributed by atoms with E-state index in [-0.39, 0.29) is 11.9 Å². The molecular weight excluding hydrogens is 348 g/mol. The van der Waals surface area contributed by atoms with E-state index in [1.54, 1.807) is 40.7 Å². The number of pyridine rings is 1. The molecule has 1 amide bonds. The molecule has 7 heteroatoms. The molecule has 4 rings (SSSR count). The van der Waals surface area contributed by atoms with Gasteiger partial charge in [-0.3, -0.25) is 4.79 Å². The molecule has 25 heavy (non-hydrogen) atoms. The number of carbonyl (C=O) groups is 1. The summed E-state index contributed by atoms with van der Waals surface area (Å²) in [5, 5.41) is 4.80. The Bertz CT molecular complexity index is 1000. The zero-order valence-corrected chi connectivity index (χ0v) is 14.1. The van der Waals surface area contributed by atoms with Crippen LogP contribution in [0.25, 0.3) is 5.52 Å². The third-order valence-corrected chi connectivity index (χ3v) is 4.85. The van der Waals surface area contributed by atoms with E-state index in [9.17, 15) is 13.6 Å². The Labute approximate surface area is 147 Å². The van der Waals surface area contributed by atoms with Crippen molar-refractivity contribution in [1.29, 1.82) is 0 Å². The average Bonchev–Trinajstić information content (AvgIpc) is 2.99. The Kier molecular flexibility index (Phi) is 3.72. The molecule has 0 fully saturated rings. The summed E-state index contributed by atoms with van der Waals surface area (Å²) >= 11 is 5.94. The third kappa shape index (κ3) is 2.66. The zero-order chi connectivity index (χ0) is 17.7. The molecule has 1 aromatic carbocycles. The third-order valence-electron chi connectivity index (χ3n) is 4.63. The minimum Gasteiger partial charge on any atom is -0.330 e. The molecule has 3 heterocycles. The first-order valence-corrected chi connectivity index (χ1v) is 8.25. The molecule has 3 aromatic rings. The number of carbonyl (C=O) groups excluding carboxylic acids is 1. The molecule has 128 valence electrons. The van der Waals surface area contributed by atoms with Gasteiger partial charge in [-0.15, -0.1) is 0 Å². The quantitative estimate of drug-likeness (QED) is 0.656. The molecule has 4 nitrogen and oxygen atoms in total. The fourth-order valence-corrected chi connectivity index (χ4v) is 3.46. The summed E-state index contributed by atoms with van der Waals surface area (Å²) in [4.78, 5) is 14.5. The van der Waals surface area contributed by atoms with Crippen LogP contribution in [0.5, 0.6) is 0 Å². The van der Waals surface area contributed by atoms with Crippen LogP contribution in [-0.4, -0.2) is 27.0 Å². The molecule has 0 radical (unpaired) electrons. The van der Waals surface area contributed by atoms with Crippen LogP contribution in [-0.2, 0) is 6.42 Å². The number of aromatic nitrogens is 2. The van der Waals surface area contributed by atoms with Gasteiger partial charge in [0.2, 0.25) is 0 Å². The predicted molar refractivity (Wildman–Crippen MR) is 89.7 cm³/mol. The average molecular weight is 362 g/mol. The van der Waals surface area contributed by atoms with Gasteiger partial charge in [0, 0.05) is 12.7 Å². The van der Waals surface area contributed by atoms with Crippen LogP contribution in [0.4, 0.5) is 8.78 Å². The Morgan fingerprint density at radius 3 is 2.80 bits per heavy atom. The van der Waals surface area contributed by atoms with Gasteiger partial charge in [-0.2, -0.15) is 5.10 Å². The van der Waals surface area contributed by atoms with Crippen LogP contribution in [0.1, 0.15) is 34.6 Å². The van der Waals surface area contributed by atoms with Crippen molar-refractivity contribution in [2.45, 2.75) is 19.4 Å². The van der Waals surface area contributed by atoms with Gasteiger partial charge >= 0.3 is 0 Å². The number of halogens is 3. The Balaban J connectivity index is 1.68. The lowest BCUT2D eigenvalue weighted by atomic mass is 9.93. The van der Waals surface area contributed by atoms with Gasteiger partial charge in [-0.1, -0.05) is 11.6 Å². The van der Waals surface area contributed by atoms with Crippen LogP contribution in [0.3, 0.4) is 0 Å². The standard InChI is InChI=1S/C18H14ClF2N3O/c1-10-14-8-16(21)15(20)6-11(14)4-5-23(10)18(25)17-7-13-3-2-12(19)9-24(13)22-17/h2-3,6-10H,4-5H2,1H3. The van der Waals surface area contributed by atoms with Crippen LogP contribution in [0, 0.1) is 11.6 Å². The second kappa shape index (κ2) is 5.81. The lowest BCUT2D eigenvalue weighted by molar-refractivity contribution is 0.0670. The first-order valence-electron chi connectivity index (χ1n) is 7.88. The van der Waals surface area contributed by atoms with Gasteiger partial charge in [-0.25, -0.2) is 13.3 Å². The van der Waals surface area contributed by atoms with E-state index in [1.807, 2.05) is 0 Å². The SMILES string of the molecule is CC1c2cc(F)c(F)cc2CCN1C(=O)c1cc2ccc(Cl)cn2n1. The largest absolute Gasteiger partial charge is 0.330 e. The number of rotatable bonds is 1. The Hall–Kier alpha value is -2.47. The second-order valence-electron chi connectivity index (χ2n) is 6.14. The summed E-state index contributed by atoms with van der Waals surface area (Å²) in [6.07, 6.45) is 2.10. The van der Waals surface area contributed by atoms with Crippen molar-refractivity contribution in [2.24, 2.45) is 0 Å². The van der Waals surface area contributed by atoms with E-state index in [1.165, 1.54) is 12.1 Å². The van der Waals surface area contributed by atoms with E-state index in [2.05, 4.69) is 5.10 Å². The first kappa shape index (κ1) is 16.0.